The minimum atomic E-state index is -3.28. The molecule has 4 rings (SSSR count). The molecule has 0 atom stereocenters. The van der Waals surface area contributed by atoms with Gasteiger partial charge in [0.25, 0.3) is 0 Å². The molecule has 9 nitrogen and oxygen atoms in total. The Labute approximate surface area is 173 Å². The number of nitrogens with zero attached hydrogens (tertiary/aromatic N) is 4. The van der Waals surface area contributed by atoms with Gasteiger partial charge in [-0.25, -0.2) is 23.1 Å². The lowest BCUT2D eigenvalue weighted by atomic mass is 10.2. The van der Waals surface area contributed by atoms with Gasteiger partial charge in [0.15, 0.2) is 5.82 Å². The predicted molar refractivity (Wildman–Crippen MR) is 111 cm³/mol. The van der Waals surface area contributed by atoms with E-state index in [2.05, 4.69) is 35.2 Å². The van der Waals surface area contributed by atoms with Gasteiger partial charge < -0.3 is 5.32 Å². The number of anilines is 2. The van der Waals surface area contributed by atoms with E-state index in [1.165, 1.54) is 0 Å². The smallest absolute Gasteiger partial charge is 0.247 e. The summed E-state index contributed by atoms with van der Waals surface area (Å²) in [5, 5.41) is 10.8. The highest BCUT2D eigenvalue weighted by Crippen LogP contribution is 2.38. The predicted octanol–water partition coefficient (Wildman–Crippen LogP) is 2.63. The fourth-order valence-corrected chi connectivity index (χ4v) is 3.49. The Morgan fingerprint density at radius 3 is 2.72 bits per heavy atom. The number of hydrogen-bond acceptors (Lipinski definition) is 7. The molecule has 1 aliphatic rings. The summed E-state index contributed by atoms with van der Waals surface area (Å²) in [6.07, 6.45) is 3.76. The largest absolute Gasteiger partial charge is 0.307 e. The second-order valence-corrected chi connectivity index (χ2v) is 9.15. The summed E-state index contributed by atoms with van der Waals surface area (Å²) in [6.45, 7) is 0.226. The first-order valence-electron chi connectivity index (χ1n) is 9.14. The van der Waals surface area contributed by atoms with Gasteiger partial charge in [-0.3, -0.25) is 5.10 Å². The minimum Gasteiger partial charge on any atom is -0.307 e. The maximum atomic E-state index is 11.3. The Bertz CT molecular complexity index is 1130. The van der Waals surface area contributed by atoms with Crippen LogP contribution < -0.4 is 10.0 Å². The lowest BCUT2D eigenvalue weighted by Gasteiger charge is -2.10. The van der Waals surface area contributed by atoms with E-state index in [-0.39, 0.29) is 6.54 Å². The lowest BCUT2D eigenvalue weighted by molar-refractivity contribution is 0.587. The fourth-order valence-electron chi connectivity index (χ4n) is 2.80. The van der Waals surface area contributed by atoms with E-state index in [1.54, 1.807) is 12.1 Å². The average molecular weight is 434 g/mol. The topological polar surface area (TPSA) is 126 Å². The van der Waals surface area contributed by atoms with Gasteiger partial charge in [-0.1, -0.05) is 23.7 Å². The van der Waals surface area contributed by atoms with Crippen LogP contribution in [0.1, 0.15) is 30.3 Å². The summed E-state index contributed by atoms with van der Waals surface area (Å²) in [7, 11) is -3.28. The van der Waals surface area contributed by atoms with Crippen LogP contribution in [0.25, 0.3) is 11.4 Å². The molecule has 0 radical (unpaired) electrons. The van der Waals surface area contributed by atoms with Crippen molar-refractivity contribution in [3.8, 4) is 11.4 Å². The first-order chi connectivity index (χ1) is 13.9. The second kappa shape index (κ2) is 8.05. The number of hydrogen-bond donors (Lipinski definition) is 3. The molecule has 0 spiro atoms. The molecule has 3 N–H and O–H groups in total. The minimum absolute atomic E-state index is 0.226. The van der Waals surface area contributed by atoms with Gasteiger partial charge in [-0.15, -0.1) is 5.10 Å². The molecular formula is C18H20ClN7O2S. The summed E-state index contributed by atoms with van der Waals surface area (Å²) >= 11 is 6.31. The molecule has 11 heteroatoms. The molecule has 0 saturated heterocycles. The highest BCUT2D eigenvalue weighted by atomic mass is 35.5. The molecule has 0 bridgehead atoms. The van der Waals surface area contributed by atoms with E-state index in [4.69, 9.17) is 11.6 Å². The Morgan fingerprint density at radius 1 is 1.21 bits per heavy atom. The number of benzene rings is 1. The van der Waals surface area contributed by atoms with Crippen LogP contribution in [0.15, 0.2) is 30.3 Å². The van der Waals surface area contributed by atoms with Crippen LogP contribution in [-0.4, -0.2) is 46.4 Å². The van der Waals surface area contributed by atoms with E-state index in [0.29, 0.717) is 46.2 Å². The number of sulfonamides is 1. The fraction of sp³-hybridized carbons (Fsp3) is 0.333. The van der Waals surface area contributed by atoms with Gasteiger partial charge in [0.05, 0.1) is 11.3 Å². The number of halogens is 1. The molecule has 0 amide bonds. The first kappa shape index (κ1) is 19.7. The van der Waals surface area contributed by atoms with Gasteiger partial charge in [-0.2, -0.15) is 4.98 Å². The molecule has 1 saturated carbocycles. The Balaban J connectivity index is 1.62. The number of H-pyrrole nitrogens is 1. The van der Waals surface area contributed by atoms with Crippen LogP contribution in [0.4, 0.5) is 11.8 Å². The maximum absolute atomic E-state index is 11.3. The van der Waals surface area contributed by atoms with Crippen LogP contribution in [0, 0.1) is 0 Å². The van der Waals surface area contributed by atoms with E-state index in [1.807, 2.05) is 18.2 Å². The van der Waals surface area contributed by atoms with Gasteiger partial charge in [0, 0.05) is 36.2 Å². The molecule has 1 aromatic carbocycles. The maximum Gasteiger partial charge on any atom is 0.247 e. The zero-order valence-electron chi connectivity index (χ0n) is 15.7. The third kappa shape index (κ3) is 5.28. The quantitative estimate of drug-likeness (QED) is 0.498. The van der Waals surface area contributed by atoms with Gasteiger partial charge in [0.2, 0.25) is 16.0 Å². The Morgan fingerprint density at radius 2 is 2.00 bits per heavy atom. The summed E-state index contributed by atoms with van der Waals surface area (Å²) in [6, 6.07) is 9.03. The molecule has 1 fully saturated rings. The van der Waals surface area contributed by atoms with E-state index in [9.17, 15) is 8.42 Å². The van der Waals surface area contributed by atoms with Gasteiger partial charge in [-0.05, 0) is 25.0 Å². The highest BCUT2D eigenvalue weighted by molar-refractivity contribution is 7.88. The van der Waals surface area contributed by atoms with Crippen molar-refractivity contribution in [3.63, 3.8) is 0 Å². The molecule has 0 unspecified atom stereocenters. The van der Waals surface area contributed by atoms with Crippen LogP contribution in [0.2, 0.25) is 5.02 Å². The van der Waals surface area contributed by atoms with Crippen molar-refractivity contribution >= 4 is 33.4 Å². The third-order valence-electron chi connectivity index (χ3n) is 4.35. The van der Waals surface area contributed by atoms with Crippen LogP contribution >= 0.6 is 11.6 Å². The number of rotatable bonds is 8. The third-order valence-corrected chi connectivity index (χ3v) is 5.40. The van der Waals surface area contributed by atoms with Crippen molar-refractivity contribution < 1.29 is 8.42 Å². The molecule has 1 aliphatic carbocycles. The first-order valence-corrected chi connectivity index (χ1v) is 11.4. The standard InChI is InChI=1S/C18H20ClN7O2S/c1-29(27,28)20-9-8-12-10-15(23-18-24-16(25-26-18)11-6-7-11)22-17(21-12)13-4-2-3-5-14(13)19/h2-5,10-11,20H,6-9H2,1H3,(H2,21,22,23,24,25,26). The summed E-state index contributed by atoms with van der Waals surface area (Å²) in [5.41, 5.74) is 1.34. The van der Waals surface area contributed by atoms with Crippen LogP contribution in [0.3, 0.4) is 0 Å². The normalized spacial score (nSPS) is 14.1. The summed E-state index contributed by atoms with van der Waals surface area (Å²) in [5.74, 6) is 2.69. The van der Waals surface area contributed by atoms with Gasteiger partial charge >= 0.3 is 0 Å². The molecule has 3 aromatic rings. The van der Waals surface area contributed by atoms with Crippen LogP contribution in [0.5, 0.6) is 0 Å². The van der Waals surface area contributed by atoms with Crippen molar-refractivity contribution in [3.05, 3.63) is 46.9 Å². The van der Waals surface area contributed by atoms with Crippen molar-refractivity contribution in [2.24, 2.45) is 0 Å². The van der Waals surface area contributed by atoms with Crippen molar-refractivity contribution in [1.29, 1.82) is 0 Å². The SMILES string of the molecule is CS(=O)(=O)NCCc1cc(Nc2n[nH]c(C3CC3)n2)nc(-c2ccccc2Cl)n1. The molecule has 29 heavy (non-hydrogen) atoms. The molecule has 152 valence electrons. The average Bonchev–Trinajstić information content (AvgIpc) is 3.41. The number of aromatic nitrogens is 5. The van der Waals surface area contributed by atoms with E-state index < -0.39 is 10.0 Å². The molecule has 2 aromatic heterocycles. The van der Waals surface area contributed by atoms with E-state index >= 15 is 0 Å². The zero-order chi connectivity index (χ0) is 20.4. The van der Waals surface area contributed by atoms with Crippen molar-refractivity contribution in [2.45, 2.75) is 25.2 Å². The van der Waals surface area contributed by atoms with Crippen LogP contribution in [-0.2, 0) is 16.4 Å². The van der Waals surface area contributed by atoms with E-state index in [0.717, 1.165) is 24.9 Å². The Kier molecular flexibility index (Phi) is 5.48. The highest BCUT2D eigenvalue weighted by Gasteiger charge is 2.27. The molecule has 0 aliphatic heterocycles. The summed E-state index contributed by atoms with van der Waals surface area (Å²) < 4.78 is 25.1. The monoisotopic (exact) mass is 433 g/mol. The second-order valence-electron chi connectivity index (χ2n) is 6.91. The zero-order valence-corrected chi connectivity index (χ0v) is 17.3. The van der Waals surface area contributed by atoms with Crippen molar-refractivity contribution in [2.75, 3.05) is 18.1 Å². The Hall–Kier alpha value is -2.56. The van der Waals surface area contributed by atoms with Crippen molar-refractivity contribution in [1.82, 2.24) is 29.9 Å². The molecule has 2 heterocycles. The molecular weight excluding hydrogens is 414 g/mol. The van der Waals surface area contributed by atoms with Gasteiger partial charge in [0.1, 0.15) is 11.6 Å². The summed E-state index contributed by atoms with van der Waals surface area (Å²) in [4.78, 5) is 13.6. The lowest BCUT2D eigenvalue weighted by Crippen LogP contribution is -2.24. The number of nitrogens with one attached hydrogen (secondary N) is 3. The number of aromatic amines is 1.